The van der Waals surface area contributed by atoms with E-state index in [1.807, 2.05) is 18.2 Å². The number of H-pyrrole nitrogens is 1. The summed E-state index contributed by atoms with van der Waals surface area (Å²) >= 11 is 0. The third kappa shape index (κ3) is 3.59. The number of phenols is 1. The van der Waals surface area contributed by atoms with Crippen LogP contribution in [0.25, 0.3) is 11.4 Å². The molecule has 7 nitrogen and oxygen atoms in total. The lowest BCUT2D eigenvalue weighted by atomic mass is 10.1. The van der Waals surface area contributed by atoms with Crippen molar-refractivity contribution >= 4 is 0 Å². The van der Waals surface area contributed by atoms with Gasteiger partial charge in [0.2, 0.25) is 5.88 Å². The Balaban J connectivity index is 1.48. The monoisotopic (exact) mass is 366 g/mol. The van der Waals surface area contributed by atoms with Gasteiger partial charge in [-0.3, -0.25) is 4.90 Å². The first-order chi connectivity index (χ1) is 13.2. The van der Waals surface area contributed by atoms with Crippen LogP contribution in [0.3, 0.4) is 0 Å². The van der Waals surface area contributed by atoms with Gasteiger partial charge in [-0.15, -0.1) is 0 Å². The van der Waals surface area contributed by atoms with Gasteiger partial charge < -0.3 is 19.6 Å². The lowest BCUT2D eigenvalue weighted by Gasteiger charge is -2.26. The van der Waals surface area contributed by atoms with Crippen LogP contribution in [-0.4, -0.2) is 45.7 Å². The molecular weight excluding hydrogens is 344 g/mol. The van der Waals surface area contributed by atoms with Crippen molar-refractivity contribution in [3.05, 3.63) is 53.5 Å². The van der Waals surface area contributed by atoms with E-state index in [1.54, 1.807) is 32.5 Å². The highest BCUT2D eigenvalue weighted by Gasteiger charge is 2.21. The van der Waals surface area contributed by atoms with Gasteiger partial charge in [-0.05, 0) is 23.8 Å². The van der Waals surface area contributed by atoms with Crippen LogP contribution in [-0.2, 0) is 19.5 Å². The number of rotatable bonds is 5. The summed E-state index contributed by atoms with van der Waals surface area (Å²) in [5, 5.41) is 9.97. The number of aromatic nitrogens is 3. The minimum absolute atomic E-state index is 0.170. The molecule has 2 N–H and O–H groups in total. The topological polar surface area (TPSA) is 83.5 Å². The molecule has 1 aliphatic heterocycles. The number of hydrogen-bond acceptors (Lipinski definition) is 6. The van der Waals surface area contributed by atoms with Crippen LogP contribution in [0.2, 0.25) is 0 Å². The molecule has 0 fully saturated rings. The smallest absolute Gasteiger partial charge is 0.212 e. The fraction of sp³-hybridized carbons (Fsp3) is 0.300. The quantitative estimate of drug-likeness (QED) is 0.722. The van der Waals surface area contributed by atoms with E-state index in [1.165, 1.54) is 0 Å². The van der Waals surface area contributed by atoms with E-state index >= 15 is 0 Å². The van der Waals surface area contributed by atoms with Gasteiger partial charge >= 0.3 is 0 Å². The molecule has 3 aromatic rings. The molecule has 0 saturated heterocycles. The van der Waals surface area contributed by atoms with Gasteiger partial charge in [0.25, 0.3) is 0 Å². The normalized spacial score (nSPS) is 14.0. The van der Waals surface area contributed by atoms with Crippen LogP contribution in [0.1, 0.15) is 17.0 Å². The van der Waals surface area contributed by atoms with E-state index in [4.69, 9.17) is 14.5 Å². The number of fused-ring (bicyclic) bond motifs is 1. The Morgan fingerprint density at radius 1 is 1.19 bits per heavy atom. The molecule has 0 radical (unpaired) electrons. The Hall–Kier alpha value is -3.06. The molecule has 3 heterocycles. The summed E-state index contributed by atoms with van der Waals surface area (Å²) in [6.45, 7) is 2.47. The lowest BCUT2D eigenvalue weighted by molar-refractivity contribution is 0.241. The third-order valence-corrected chi connectivity index (χ3v) is 4.78. The molecule has 4 rings (SSSR count). The summed E-state index contributed by atoms with van der Waals surface area (Å²) < 4.78 is 10.2. The average molecular weight is 366 g/mol. The Labute approximate surface area is 157 Å². The van der Waals surface area contributed by atoms with Gasteiger partial charge in [-0.1, -0.05) is 6.07 Å². The summed E-state index contributed by atoms with van der Waals surface area (Å²) in [5.41, 5.74) is 4.23. The number of aromatic hydroxyl groups is 1. The molecule has 0 spiro atoms. The van der Waals surface area contributed by atoms with Gasteiger partial charge in [0.15, 0.2) is 11.5 Å². The Kier molecular flexibility index (Phi) is 4.68. The molecule has 2 aromatic heterocycles. The molecule has 140 valence electrons. The van der Waals surface area contributed by atoms with Gasteiger partial charge in [0, 0.05) is 43.9 Å². The van der Waals surface area contributed by atoms with Crippen LogP contribution >= 0.6 is 0 Å². The zero-order chi connectivity index (χ0) is 18.8. The van der Waals surface area contributed by atoms with Gasteiger partial charge in [0.05, 0.1) is 25.6 Å². The van der Waals surface area contributed by atoms with Crippen molar-refractivity contribution in [1.29, 1.82) is 0 Å². The second-order valence-corrected chi connectivity index (χ2v) is 6.57. The molecule has 27 heavy (non-hydrogen) atoms. The van der Waals surface area contributed by atoms with Crippen LogP contribution < -0.4 is 9.47 Å². The molecule has 0 aliphatic carbocycles. The van der Waals surface area contributed by atoms with Gasteiger partial charge in [-0.2, -0.15) is 0 Å². The Morgan fingerprint density at radius 3 is 2.78 bits per heavy atom. The van der Waals surface area contributed by atoms with E-state index < -0.39 is 0 Å². The fourth-order valence-electron chi connectivity index (χ4n) is 3.35. The van der Waals surface area contributed by atoms with Crippen molar-refractivity contribution in [2.45, 2.75) is 19.5 Å². The SMILES string of the molecule is COc1ccc(-c2nc3c([nH]2)CN(Cc2ccc(OC)c(O)c2)CC3)cn1. The number of pyridine rings is 1. The lowest BCUT2D eigenvalue weighted by Crippen LogP contribution is -2.30. The van der Waals surface area contributed by atoms with Gasteiger partial charge in [0.1, 0.15) is 5.82 Å². The zero-order valence-electron chi connectivity index (χ0n) is 15.4. The molecule has 0 bridgehead atoms. The molecule has 0 unspecified atom stereocenters. The first-order valence-electron chi connectivity index (χ1n) is 8.82. The number of phenolic OH excluding ortho intramolecular Hbond substituents is 1. The molecule has 0 amide bonds. The molecule has 0 saturated carbocycles. The molecule has 0 atom stereocenters. The number of methoxy groups -OCH3 is 2. The Morgan fingerprint density at radius 2 is 2.07 bits per heavy atom. The maximum Gasteiger partial charge on any atom is 0.212 e. The number of ether oxygens (including phenoxy) is 2. The standard InChI is InChI=1S/C20H22N4O3/c1-26-18-5-3-13(9-17(18)25)11-24-8-7-15-16(12-24)23-20(22-15)14-4-6-19(27-2)21-10-14/h3-6,9-10,25H,7-8,11-12H2,1-2H3,(H,22,23). The summed E-state index contributed by atoms with van der Waals surface area (Å²) in [4.78, 5) is 14.7. The predicted octanol–water partition coefficient (Wildman–Crippen LogP) is 2.75. The van der Waals surface area contributed by atoms with Crippen molar-refractivity contribution in [3.8, 4) is 28.8 Å². The highest BCUT2D eigenvalue weighted by atomic mass is 16.5. The molecule has 1 aliphatic rings. The molecular formula is C20H22N4O3. The van der Waals surface area contributed by atoms with E-state index in [0.29, 0.717) is 11.6 Å². The minimum Gasteiger partial charge on any atom is -0.504 e. The Bertz CT molecular complexity index is 937. The van der Waals surface area contributed by atoms with E-state index in [-0.39, 0.29) is 5.75 Å². The van der Waals surface area contributed by atoms with E-state index in [0.717, 1.165) is 54.4 Å². The highest BCUT2D eigenvalue weighted by Crippen LogP contribution is 2.28. The van der Waals surface area contributed by atoms with E-state index in [2.05, 4.69) is 14.9 Å². The zero-order valence-corrected chi connectivity index (χ0v) is 15.4. The van der Waals surface area contributed by atoms with Crippen molar-refractivity contribution < 1.29 is 14.6 Å². The third-order valence-electron chi connectivity index (χ3n) is 4.78. The molecule has 7 heteroatoms. The van der Waals surface area contributed by atoms with Crippen LogP contribution in [0.5, 0.6) is 17.4 Å². The second-order valence-electron chi connectivity index (χ2n) is 6.57. The first kappa shape index (κ1) is 17.4. The van der Waals surface area contributed by atoms with Crippen molar-refractivity contribution in [2.24, 2.45) is 0 Å². The maximum atomic E-state index is 9.97. The van der Waals surface area contributed by atoms with Crippen molar-refractivity contribution in [3.63, 3.8) is 0 Å². The minimum atomic E-state index is 0.170. The van der Waals surface area contributed by atoms with E-state index in [9.17, 15) is 5.11 Å². The fourth-order valence-corrected chi connectivity index (χ4v) is 3.35. The number of nitrogens with one attached hydrogen (secondary N) is 1. The van der Waals surface area contributed by atoms with Crippen molar-refractivity contribution in [1.82, 2.24) is 19.9 Å². The summed E-state index contributed by atoms with van der Waals surface area (Å²) in [7, 11) is 3.15. The number of nitrogens with zero attached hydrogens (tertiary/aromatic N) is 3. The van der Waals surface area contributed by atoms with Crippen LogP contribution in [0.15, 0.2) is 36.5 Å². The number of benzene rings is 1. The number of aromatic amines is 1. The average Bonchev–Trinajstić information content (AvgIpc) is 3.11. The van der Waals surface area contributed by atoms with Crippen molar-refractivity contribution in [2.75, 3.05) is 20.8 Å². The predicted molar refractivity (Wildman–Crippen MR) is 101 cm³/mol. The largest absolute Gasteiger partial charge is 0.504 e. The number of imidazole rings is 1. The van der Waals surface area contributed by atoms with Gasteiger partial charge in [-0.25, -0.2) is 9.97 Å². The summed E-state index contributed by atoms with van der Waals surface area (Å²) in [6, 6.07) is 9.32. The number of hydrogen-bond donors (Lipinski definition) is 2. The second kappa shape index (κ2) is 7.28. The first-order valence-corrected chi connectivity index (χ1v) is 8.82. The maximum absolute atomic E-state index is 9.97. The highest BCUT2D eigenvalue weighted by molar-refractivity contribution is 5.55. The van der Waals surface area contributed by atoms with Crippen LogP contribution in [0.4, 0.5) is 0 Å². The summed E-state index contributed by atoms with van der Waals surface area (Å²) in [5.74, 6) is 2.08. The van der Waals surface area contributed by atoms with Crippen LogP contribution in [0, 0.1) is 0 Å². The summed E-state index contributed by atoms with van der Waals surface area (Å²) in [6.07, 6.45) is 2.65. The molecule has 1 aromatic carbocycles.